The molecule has 16 heavy (non-hydrogen) atoms. The van der Waals surface area contributed by atoms with Crippen molar-refractivity contribution in [3.8, 4) is 0 Å². The molecule has 3 nitrogen and oxygen atoms in total. The smallest absolute Gasteiger partial charge is 0.110 e. The van der Waals surface area contributed by atoms with Crippen molar-refractivity contribution in [1.29, 1.82) is 0 Å². The molecule has 0 spiro atoms. The quantitative estimate of drug-likeness (QED) is 0.795. The zero-order chi connectivity index (χ0) is 12.0. The molecule has 0 radical (unpaired) electrons. The van der Waals surface area contributed by atoms with Crippen molar-refractivity contribution in [3.05, 3.63) is 18.2 Å². The van der Waals surface area contributed by atoms with Crippen LogP contribution in [-0.4, -0.2) is 27.1 Å². The van der Waals surface area contributed by atoms with Crippen molar-refractivity contribution in [1.82, 2.24) is 9.55 Å². The molecule has 4 heteroatoms. The van der Waals surface area contributed by atoms with E-state index in [1.807, 2.05) is 24.2 Å². The Hall–Kier alpha value is -0.480. The van der Waals surface area contributed by atoms with E-state index in [0.29, 0.717) is 0 Å². The number of imidazole rings is 1. The summed E-state index contributed by atoms with van der Waals surface area (Å²) in [5.41, 5.74) is 6.10. The van der Waals surface area contributed by atoms with E-state index < -0.39 is 0 Å². The Labute approximate surface area is 103 Å². The average molecular weight is 241 g/mol. The predicted molar refractivity (Wildman–Crippen MR) is 71.7 cm³/mol. The van der Waals surface area contributed by atoms with Gasteiger partial charge in [-0.25, -0.2) is 4.98 Å². The predicted octanol–water partition coefficient (Wildman–Crippen LogP) is 2.16. The number of hydrogen-bond acceptors (Lipinski definition) is 3. The molecule has 0 aromatic carbocycles. The third-order valence-electron chi connectivity index (χ3n) is 2.37. The number of thioether (sulfide) groups is 1. The Kier molecular flexibility index (Phi) is 5.91. The maximum absolute atomic E-state index is 6.10. The molecule has 0 saturated carbocycles. The van der Waals surface area contributed by atoms with Crippen molar-refractivity contribution >= 4 is 11.8 Å². The van der Waals surface area contributed by atoms with Crippen LogP contribution in [0.25, 0.3) is 0 Å². The van der Waals surface area contributed by atoms with Crippen LogP contribution < -0.4 is 5.73 Å². The Bertz CT molecular complexity index is 296. The van der Waals surface area contributed by atoms with E-state index in [0.717, 1.165) is 30.5 Å². The summed E-state index contributed by atoms with van der Waals surface area (Å²) in [7, 11) is 0. The van der Waals surface area contributed by atoms with Gasteiger partial charge in [-0.2, -0.15) is 11.8 Å². The molecule has 0 fully saturated rings. The summed E-state index contributed by atoms with van der Waals surface area (Å²) < 4.78 is 2.16. The van der Waals surface area contributed by atoms with E-state index in [1.165, 1.54) is 5.75 Å². The molecule has 0 amide bonds. The van der Waals surface area contributed by atoms with Crippen LogP contribution in [0.3, 0.4) is 0 Å². The van der Waals surface area contributed by atoms with Crippen molar-refractivity contribution in [2.24, 2.45) is 11.7 Å². The normalized spacial score (nSPS) is 13.3. The lowest BCUT2D eigenvalue weighted by Gasteiger charge is -2.12. The number of nitrogens with zero attached hydrogens (tertiary/aromatic N) is 2. The molecule has 0 aliphatic heterocycles. The maximum Gasteiger partial charge on any atom is 0.110 e. The van der Waals surface area contributed by atoms with Crippen LogP contribution in [0, 0.1) is 5.92 Å². The molecule has 2 N–H and O–H groups in total. The standard InChI is InChI=1S/C12H23N3S/c1-4-15-6-5-14-12(15)7-11(13)9-16-8-10(2)3/h5-6,10-11H,4,7-9,13H2,1-3H3. The molecule has 1 rings (SSSR count). The van der Waals surface area contributed by atoms with Gasteiger partial charge in [0.15, 0.2) is 0 Å². The summed E-state index contributed by atoms with van der Waals surface area (Å²) in [5.74, 6) is 4.07. The van der Waals surface area contributed by atoms with Crippen molar-refractivity contribution in [2.45, 2.75) is 39.8 Å². The Morgan fingerprint density at radius 2 is 2.19 bits per heavy atom. The highest BCUT2D eigenvalue weighted by Crippen LogP contribution is 2.10. The fourth-order valence-corrected chi connectivity index (χ4v) is 2.59. The van der Waals surface area contributed by atoms with Gasteiger partial charge in [0.2, 0.25) is 0 Å². The first-order valence-electron chi connectivity index (χ1n) is 5.96. The van der Waals surface area contributed by atoms with Crippen molar-refractivity contribution in [2.75, 3.05) is 11.5 Å². The topological polar surface area (TPSA) is 43.8 Å². The first-order chi connectivity index (χ1) is 7.63. The van der Waals surface area contributed by atoms with Crippen LogP contribution >= 0.6 is 11.8 Å². The number of hydrogen-bond donors (Lipinski definition) is 1. The molecule has 0 bridgehead atoms. The molecule has 0 aliphatic carbocycles. The van der Waals surface area contributed by atoms with Crippen LogP contribution in [0.1, 0.15) is 26.6 Å². The van der Waals surface area contributed by atoms with Crippen molar-refractivity contribution in [3.63, 3.8) is 0 Å². The van der Waals surface area contributed by atoms with Gasteiger partial charge >= 0.3 is 0 Å². The minimum absolute atomic E-state index is 0.219. The summed E-state index contributed by atoms with van der Waals surface area (Å²) in [5, 5.41) is 0. The fraction of sp³-hybridized carbons (Fsp3) is 0.750. The molecular weight excluding hydrogens is 218 g/mol. The molecular formula is C12H23N3S. The molecule has 92 valence electrons. The highest BCUT2D eigenvalue weighted by molar-refractivity contribution is 7.99. The van der Waals surface area contributed by atoms with Gasteiger partial charge < -0.3 is 10.3 Å². The van der Waals surface area contributed by atoms with Crippen LogP contribution in [0.15, 0.2) is 12.4 Å². The van der Waals surface area contributed by atoms with Gasteiger partial charge in [-0.05, 0) is 18.6 Å². The molecule has 1 aromatic rings. The largest absolute Gasteiger partial charge is 0.335 e. The number of rotatable bonds is 7. The second-order valence-electron chi connectivity index (χ2n) is 4.52. The van der Waals surface area contributed by atoms with E-state index in [2.05, 4.69) is 30.3 Å². The maximum atomic E-state index is 6.10. The molecule has 1 unspecified atom stereocenters. The Morgan fingerprint density at radius 3 is 2.81 bits per heavy atom. The van der Waals surface area contributed by atoms with E-state index in [9.17, 15) is 0 Å². The first kappa shape index (κ1) is 13.6. The van der Waals surface area contributed by atoms with Crippen LogP contribution in [-0.2, 0) is 13.0 Å². The van der Waals surface area contributed by atoms with Crippen LogP contribution in [0.5, 0.6) is 0 Å². The Morgan fingerprint density at radius 1 is 1.44 bits per heavy atom. The lowest BCUT2D eigenvalue weighted by atomic mass is 10.2. The third-order valence-corrected chi connectivity index (χ3v) is 3.94. The summed E-state index contributed by atoms with van der Waals surface area (Å²) >= 11 is 1.94. The van der Waals surface area contributed by atoms with E-state index >= 15 is 0 Å². The summed E-state index contributed by atoms with van der Waals surface area (Å²) in [4.78, 5) is 4.34. The zero-order valence-corrected chi connectivity index (χ0v) is 11.3. The van der Waals surface area contributed by atoms with E-state index in [4.69, 9.17) is 5.73 Å². The molecule has 1 atom stereocenters. The number of aryl methyl sites for hydroxylation is 1. The highest BCUT2D eigenvalue weighted by atomic mass is 32.2. The van der Waals surface area contributed by atoms with Gasteiger partial charge in [-0.15, -0.1) is 0 Å². The van der Waals surface area contributed by atoms with Gasteiger partial charge in [0, 0.05) is 37.2 Å². The fourth-order valence-electron chi connectivity index (χ4n) is 1.57. The van der Waals surface area contributed by atoms with Gasteiger partial charge in [0.1, 0.15) is 5.82 Å². The summed E-state index contributed by atoms with van der Waals surface area (Å²) in [6.45, 7) is 7.58. The number of nitrogens with two attached hydrogens (primary N) is 1. The lowest BCUT2D eigenvalue weighted by molar-refractivity contribution is 0.640. The van der Waals surface area contributed by atoms with Crippen LogP contribution in [0.4, 0.5) is 0 Å². The molecule has 1 heterocycles. The average Bonchev–Trinajstić information content (AvgIpc) is 2.64. The SMILES string of the molecule is CCn1ccnc1CC(N)CSCC(C)C. The van der Waals surface area contributed by atoms with Gasteiger partial charge in [-0.1, -0.05) is 13.8 Å². The minimum atomic E-state index is 0.219. The first-order valence-corrected chi connectivity index (χ1v) is 7.12. The van der Waals surface area contributed by atoms with Gasteiger partial charge in [-0.3, -0.25) is 0 Å². The molecule has 0 saturated heterocycles. The Balaban J connectivity index is 2.31. The van der Waals surface area contributed by atoms with E-state index in [1.54, 1.807) is 0 Å². The van der Waals surface area contributed by atoms with Gasteiger partial charge in [0.25, 0.3) is 0 Å². The summed E-state index contributed by atoms with van der Waals surface area (Å²) in [6.07, 6.45) is 4.75. The lowest BCUT2D eigenvalue weighted by Crippen LogP contribution is -2.27. The summed E-state index contributed by atoms with van der Waals surface area (Å²) in [6, 6.07) is 0.219. The number of aromatic nitrogens is 2. The van der Waals surface area contributed by atoms with Crippen LogP contribution in [0.2, 0.25) is 0 Å². The molecule has 0 aliphatic rings. The monoisotopic (exact) mass is 241 g/mol. The second kappa shape index (κ2) is 6.97. The minimum Gasteiger partial charge on any atom is -0.335 e. The van der Waals surface area contributed by atoms with Crippen molar-refractivity contribution < 1.29 is 0 Å². The second-order valence-corrected chi connectivity index (χ2v) is 5.60. The molecule has 1 aromatic heterocycles. The highest BCUT2D eigenvalue weighted by Gasteiger charge is 2.08. The van der Waals surface area contributed by atoms with Gasteiger partial charge in [0.05, 0.1) is 0 Å². The zero-order valence-electron chi connectivity index (χ0n) is 10.5. The third kappa shape index (κ3) is 4.58. The van der Waals surface area contributed by atoms with E-state index in [-0.39, 0.29) is 6.04 Å².